The molecule has 3 N–H and O–H groups in total. The molecule has 1 unspecified atom stereocenters. The van der Waals surface area contributed by atoms with E-state index in [2.05, 4.69) is 10.6 Å². The molecular formula is C28H44N2O4. The molecule has 1 aliphatic rings. The first-order valence-electron chi connectivity index (χ1n) is 12.6. The Morgan fingerprint density at radius 1 is 0.971 bits per heavy atom. The minimum absolute atomic E-state index is 0.00549. The van der Waals surface area contributed by atoms with Crippen LogP contribution in [0.2, 0.25) is 0 Å². The van der Waals surface area contributed by atoms with Crippen LogP contribution in [0, 0.1) is 29.1 Å². The van der Waals surface area contributed by atoms with Gasteiger partial charge < -0.3 is 15.7 Å². The average molecular weight is 473 g/mol. The van der Waals surface area contributed by atoms with Crippen LogP contribution in [0.4, 0.5) is 0 Å². The largest absolute Gasteiger partial charge is 0.481 e. The lowest BCUT2D eigenvalue weighted by atomic mass is 9.75. The highest BCUT2D eigenvalue weighted by atomic mass is 16.4. The summed E-state index contributed by atoms with van der Waals surface area (Å²) >= 11 is 0. The maximum Gasteiger partial charge on any atom is 0.307 e. The number of carbonyl (C=O) groups is 3. The molecule has 34 heavy (non-hydrogen) atoms. The summed E-state index contributed by atoms with van der Waals surface area (Å²) in [6, 6.07) is 8.91. The number of amides is 2. The topological polar surface area (TPSA) is 95.5 Å². The van der Waals surface area contributed by atoms with Gasteiger partial charge >= 0.3 is 5.97 Å². The van der Waals surface area contributed by atoms with Crippen LogP contribution < -0.4 is 10.6 Å². The predicted octanol–water partition coefficient (Wildman–Crippen LogP) is 5.12. The highest BCUT2D eigenvalue weighted by Crippen LogP contribution is 2.38. The molecule has 1 aliphatic carbocycles. The van der Waals surface area contributed by atoms with E-state index in [1.165, 1.54) is 0 Å². The van der Waals surface area contributed by atoms with Crippen LogP contribution >= 0.6 is 0 Å². The zero-order chi connectivity index (χ0) is 25.7. The van der Waals surface area contributed by atoms with Gasteiger partial charge in [-0.25, -0.2) is 0 Å². The number of carboxylic acid groups (broad SMARTS) is 1. The van der Waals surface area contributed by atoms with Gasteiger partial charge in [0.05, 0.1) is 17.4 Å². The van der Waals surface area contributed by atoms with Gasteiger partial charge in [0, 0.05) is 0 Å². The molecule has 6 nitrogen and oxygen atoms in total. The number of nitrogens with one attached hydrogen (secondary N) is 2. The molecule has 1 fully saturated rings. The van der Waals surface area contributed by atoms with Crippen molar-refractivity contribution < 1.29 is 19.5 Å². The van der Waals surface area contributed by atoms with E-state index in [1.807, 2.05) is 78.8 Å². The lowest BCUT2D eigenvalue weighted by molar-refractivity contribution is -0.151. The minimum Gasteiger partial charge on any atom is -0.481 e. The van der Waals surface area contributed by atoms with E-state index < -0.39 is 34.8 Å². The summed E-state index contributed by atoms with van der Waals surface area (Å²) in [5.41, 5.74) is -0.217. The standard InChI is InChI=1S/C28H44N2O4/c1-18(2)17-21(22(26(33)34)19-13-11-12-14-19)24(31)29-23(27(3,4)5)25(32)30-28(6,7)20-15-9-8-10-16-20/h8-10,15-16,18-19,21-23H,11-14,17H2,1-7H3,(H,29,31)(H,30,32)(H,33,34)/t21-,22+,23?/m1/s1. The Balaban J connectivity index is 2.29. The van der Waals surface area contributed by atoms with Gasteiger partial charge in [0.15, 0.2) is 0 Å². The average Bonchev–Trinajstić information content (AvgIpc) is 3.24. The summed E-state index contributed by atoms with van der Waals surface area (Å²) in [5, 5.41) is 16.2. The second-order valence-electron chi connectivity index (χ2n) is 11.9. The fraction of sp³-hybridized carbons (Fsp3) is 0.679. The molecule has 6 heteroatoms. The van der Waals surface area contributed by atoms with Crippen molar-refractivity contribution in [3.63, 3.8) is 0 Å². The molecule has 0 bridgehead atoms. The summed E-state index contributed by atoms with van der Waals surface area (Å²) in [7, 11) is 0. The summed E-state index contributed by atoms with van der Waals surface area (Å²) in [5.74, 6) is -2.74. The molecule has 1 saturated carbocycles. The Hall–Kier alpha value is -2.37. The number of aliphatic carboxylic acids is 1. The smallest absolute Gasteiger partial charge is 0.307 e. The molecule has 0 spiro atoms. The van der Waals surface area contributed by atoms with E-state index >= 15 is 0 Å². The normalized spacial score (nSPS) is 17.8. The maximum atomic E-state index is 13.6. The number of carboxylic acids is 1. The SMILES string of the molecule is CC(C)C[C@@H](C(=O)NC(C(=O)NC(C)(C)c1ccccc1)C(C)(C)C)[C@@H](C(=O)O)C1CCCC1. The molecule has 0 saturated heterocycles. The molecular weight excluding hydrogens is 428 g/mol. The van der Waals surface area contributed by atoms with Crippen LogP contribution in [0.1, 0.15) is 86.1 Å². The quantitative estimate of drug-likeness (QED) is 0.440. The number of rotatable bonds is 10. The van der Waals surface area contributed by atoms with Crippen molar-refractivity contribution >= 4 is 17.8 Å². The van der Waals surface area contributed by atoms with Crippen molar-refractivity contribution in [1.29, 1.82) is 0 Å². The third kappa shape index (κ3) is 7.31. The van der Waals surface area contributed by atoms with E-state index in [-0.39, 0.29) is 23.7 Å². The molecule has 190 valence electrons. The van der Waals surface area contributed by atoms with E-state index in [0.29, 0.717) is 6.42 Å². The van der Waals surface area contributed by atoms with Crippen LogP contribution in [0.25, 0.3) is 0 Å². The Morgan fingerprint density at radius 2 is 1.53 bits per heavy atom. The monoisotopic (exact) mass is 472 g/mol. The maximum absolute atomic E-state index is 13.6. The van der Waals surface area contributed by atoms with Gasteiger partial charge in [0.2, 0.25) is 11.8 Å². The zero-order valence-corrected chi connectivity index (χ0v) is 22.0. The summed E-state index contributed by atoms with van der Waals surface area (Å²) in [6.45, 7) is 13.6. The Labute approximate surface area is 205 Å². The zero-order valence-electron chi connectivity index (χ0n) is 22.0. The first-order valence-corrected chi connectivity index (χ1v) is 12.6. The highest BCUT2D eigenvalue weighted by molar-refractivity contribution is 5.91. The Bertz CT molecular complexity index is 836. The molecule has 1 aromatic carbocycles. The number of hydrogen-bond acceptors (Lipinski definition) is 3. The fourth-order valence-corrected chi connectivity index (χ4v) is 5.18. The summed E-state index contributed by atoms with van der Waals surface area (Å²) < 4.78 is 0. The molecule has 1 aromatic rings. The van der Waals surface area contributed by atoms with Gasteiger partial charge in [-0.3, -0.25) is 14.4 Å². The summed E-state index contributed by atoms with van der Waals surface area (Å²) in [6.07, 6.45) is 4.17. The van der Waals surface area contributed by atoms with Crippen LogP contribution in [0.3, 0.4) is 0 Å². The van der Waals surface area contributed by atoms with Gasteiger partial charge in [-0.1, -0.05) is 77.8 Å². The molecule has 2 rings (SSSR count). The highest BCUT2D eigenvalue weighted by Gasteiger charge is 2.43. The summed E-state index contributed by atoms with van der Waals surface area (Å²) in [4.78, 5) is 39.4. The number of carbonyl (C=O) groups excluding carboxylic acids is 2. The third-order valence-corrected chi connectivity index (χ3v) is 7.03. The first-order chi connectivity index (χ1) is 15.7. The molecule has 2 amide bonds. The van der Waals surface area contributed by atoms with Gasteiger partial charge in [0.25, 0.3) is 0 Å². The molecule has 0 radical (unpaired) electrons. The Kier molecular flexibility index (Phi) is 9.32. The van der Waals surface area contributed by atoms with Crippen molar-refractivity contribution in [2.45, 2.75) is 92.2 Å². The van der Waals surface area contributed by atoms with E-state index in [1.54, 1.807) is 0 Å². The van der Waals surface area contributed by atoms with Gasteiger partial charge in [-0.15, -0.1) is 0 Å². The number of benzene rings is 1. The molecule has 0 heterocycles. The van der Waals surface area contributed by atoms with Crippen molar-refractivity contribution in [3.05, 3.63) is 35.9 Å². The third-order valence-electron chi connectivity index (χ3n) is 7.03. The van der Waals surface area contributed by atoms with Gasteiger partial charge in [0.1, 0.15) is 6.04 Å². The molecule has 0 aliphatic heterocycles. The van der Waals surface area contributed by atoms with E-state index in [9.17, 15) is 19.5 Å². The van der Waals surface area contributed by atoms with Crippen LogP contribution in [0.5, 0.6) is 0 Å². The second-order valence-corrected chi connectivity index (χ2v) is 11.9. The van der Waals surface area contributed by atoms with E-state index in [4.69, 9.17) is 0 Å². The van der Waals surface area contributed by atoms with Crippen molar-refractivity contribution in [2.75, 3.05) is 0 Å². The minimum atomic E-state index is -0.908. The van der Waals surface area contributed by atoms with Crippen LogP contribution in [0.15, 0.2) is 30.3 Å². The van der Waals surface area contributed by atoms with Crippen LogP contribution in [-0.2, 0) is 19.9 Å². The molecule has 0 aromatic heterocycles. The van der Waals surface area contributed by atoms with E-state index in [0.717, 1.165) is 31.2 Å². The van der Waals surface area contributed by atoms with Crippen molar-refractivity contribution in [3.8, 4) is 0 Å². The van der Waals surface area contributed by atoms with Crippen molar-refractivity contribution in [2.24, 2.45) is 29.1 Å². The fourth-order valence-electron chi connectivity index (χ4n) is 5.18. The first kappa shape index (κ1) is 27.9. The molecule has 3 atom stereocenters. The number of hydrogen-bond donors (Lipinski definition) is 3. The van der Waals surface area contributed by atoms with Crippen molar-refractivity contribution in [1.82, 2.24) is 10.6 Å². The predicted molar refractivity (Wildman–Crippen MR) is 135 cm³/mol. The van der Waals surface area contributed by atoms with Gasteiger partial charge in [-0.2, -0.15) is 0 Å². The lowest BCUT2D eigenvalue weighted by Crippen LogP contribution is -2.58. The van der Waals surface area contributed by atoms with Gasteiger partial charge in [-0.05, 0) is 55.9 Å². The second kappa shape index (κ2) is 11.4. The lowest BCUT2D eigenvalue weighted by Gasteiger charge is -2.37. The van der Waals surface area contributed by atoms with Crippen LogP contribution in [-0.4, -0.2) is 28.9 Å². The Morgan fingerprint density at radius 3 is 2.00 bits per heavy atom.